The van der Waals surface area contributed by atoms with E-state index in [0.717, 1.165) is 18.7 Å². The van der Waals surface area contributed by atoms with E-state index in [1.807, 2.05) is 13.0 Å². The first-order valence-electron chi connectivity index (χ1n) is 6.53. The maximum atomic E-state index is 13.9. The Labute approximate surface area is 108 Å². The van der Waals surface area contributed by atoms with Gasteiger partial charge in [-0.2, -0.15) is 0 Å². The fraction of sp³-hybridized carbons (Fsp3) is 0.571. The highest BCUT2D eigenvalue weighted by molar-refractivity contribution is 5.56. The number of hydrogen-bond acceptors (Lipinski definition) is 3. The van der Waals surface area contributed by atoms with Gasteiger partial charge in [0.25, 0.3) is 0 Å². The molecule has 18 heavy (non-hydrogen) atoms. The predicted molar refractivity (Wildman–Crippen MR) is 71.2 cm³/mol. The Balaban J connectivity index is 2.39. The Morgan fingerprint density at radius 3 is 3.00 bits per heavy atom. The second-order valence-corrected chi connectivity index (χ2v) is 4.79. The average Bonchev–Trinajstić information content (AvgIpc) is 2.38. The molecule has 2 N–H and O–H groups in total. The molecule has 0 saturated carbocycles. The molecule has 0 aliphatic carbocycles. The van der Waals surface area contributed by atoms with Crippen LogP contribution in [0.3, 0.4) is 0 Å². The van der Waals surface area contributed by atoms with Gasteiger partial charge in [-0.05, 0) is 25.5 Å². The molecule has 100 valence electrons. The summed E-state index contributed by atoms with van der Waals surface area (Å²) in [6.45, 7) is 6.12. The molecule has 0 amide bonds. The fourth-order valence-electron chi connectivity index (χ4n) is 2.54. The monoisotopic (exact) mass is 252 g/mol. The average molecular weight is 252 g/mol. The summed E-state index contributed by atoms with van der Waals surface area (Å²) in [6, 6.07) is 5.18. The fourth-order valence-corrected chi connectivity index (χ4v) is 2.54. The summed E-state index contributed by atoms with van der Waals surface area (Å²) in [6.07, 6.45) is 0.981. The third-order valence-electron chi connectivity index (χ3n) is 3.49. The van der Waals surface area contributed by atoms with Crippen molar-refractivity contribution in [3.63, 3.8) is 0 Å². The SMILES string of the molecule is CCC1COCCN1c1cccc(F)c1[C@@H](C)N. The zero-order valence-corrected chi connectivity index (χ0v) is 11.0. The van der Waals surface area contributed by atoms with E-state index in [1.54, 1.807) is 6.07 Å². The van der Waals surface area contributed by atoms with Crippen molar-refractivity contribution in [1.29, 1.82) is 0 Å². The summed E-state index contributed by atoms with van der Waals surface area (Å²) < 4.78 is 19.4. The molecule has 1 aliphatic heterocycles. The van der Waals surface area contributed by atoms with Crippen LogP contribution in [0.1, 0.15) is 31.9 Å². The first-order chi connectivity index (χ1) is 8.65. The summed E-state index contributed by atoms with van der Waals surface area (Å²) in [5, 5.41) is 0. The smallest absolute Gasteiger partial charge is 0.130 e. The number of nitrogens with zero attached hydrogens (tertiary/aromatic N) is 1. The lowest BCUT2D eigenvalue weighted by molar-refractivity contribution is 0.0928. The van der Waals surface area contributed by atoms with Crippen LogP contribution in [0.2, 0.25) is 0 Å². The minimum atomic E-state index is -0.304. The van der Waals surface area contributed by atoms with Gasteiger partial charge in [-0.15, -0.1) is 0 Å². The Kier molecular flexibility index (Phi) is 4.19. The van der Waals surface area contributed by atoms with E-state index in [0.29, 0.717) is 24.8 Å². The summed E-state index contributed by atoms with van der Waals surface area (Å²) in [5.74, 6) is -0.219. The van der Waals surface area contributed by atoms with Gasteiger partial charge in [0.1, 0.15) is 5.82 Å². The van der Waals surface area contributed by atoms with Gasteiger partial charge in [-0.25, -0.2) is 4.39 Å². The van der Waals surface area contributed by atoms with Gasteiger partial charge in [0.2, 0.25) is 0 Å². The first kappa shape index (κ1) is 13.3. The van der Waals surface area contributed by atoms with Gasteiger partial charge in [-0.3, -0.25) is 0 Å². The van der Waals surface area contributed by atoms with Crippen LogP contribution >= 0.6 is 0 Å². The Hall–Kier alpha value is -1.13. The van der Waals surface area contributed by atoms with Crippen LogP contribution in [-0.2, 0) is 4.74 Å². The van der Waals surface area contributed by atoms with Crippen LogP contribution in [0.5, 0.6) is 0 Å². The molecule has 1 aromatic carbocycles. The van der Waals surface area contributed by atoms with Crippen LogP contribution in [0, 0.1) is 5.82 Å². The lowest BCUT2D eigenvalue weighted by Crippen LogP contribution is -2.45. The van der Waals surface area contributed by atoms with Gasteiger partial charge in [0.05, 0.1) is 19.3 Å². The molecule has 2 atom stereocenters. The van der Waals surface area contributed by atoms with Crippen molar-refractivity contribution >= 4 is 5.69 Å². The van der Waals surface area contributed by atoms with Crippen molar-refractivity contribution in [2.24, 2.45) is 5.73 Å². The maximum Gasteiger partial charge on any atom is 0.130 e. The molecule has 3 nitrogen and oxygen atoms in total. The molecule has 1 aliphatic rings. The van der Waals surface area contributed by atoms with E-state index >= 15 is 0 Å². The quantitative estimate of drug-likeness (QED) is 0.898. The zero-order chi connectivity index (χ0) is 13.1. The Morgan fingerprint density at radius 2 is 2.33 bits per heavy atom. The third kappa shape index (κ3) is 2.49. The van der Waals surface area contributed by atoms with Crippen LogP contribution in [0.15, 0.2) is 18.2 Å². The molecular formula is C14H21FN2O. The molecule has 1 saturated heterocycles. The van der Waals surface area contributed by atoms with E-state index in [4.69, 9.17) is 10.5 Å². The van der Waals surface area contributed by atoms with Crippen molar-refractivity contribution < 1.29 is 9.13 Å². The second-order valence-electron chi connectivity index (χ2n) is 4.79. The number of morpholine rings is 1. The lowest BCUT2D eigenvalue weighted by atomic mass is 10.0. The van der Waals surface area contributed by atoms with Gasteiger partial charge in [0, 0.05) is 23.8 Å². The number of benzene rings is 1. The van der Waals surface area contributed by atoms with Gasteiger partial charge < -0.3 is 15.4 Å². The minimum absolute atomic E-state index is 0.219. The molecule has 0 bridgehead atoms. The van der Waals surface area contributed by atoms with E-state index < -0.39 is 0 Å². The van der Waals surface area contributed by atoms with Crippen LogP contribution in [0.25, 0.3) is 0 Å². The highest BCUT2D eigenvalue weighted by Gasteiger charge is 2.25. The second kappa shape index (κ2) is 5.67. The molecule has 1 aromatic rings. The van der Waals surface area contributed by atoms with E-state index in [9.17, 15) is 4.39 Å². The molecule has 1 heterocycles. The molecule has 0 aromatic heterocycles. The third-order valence-corrected chi connectivity index (χ3v) is 3.49. The summed E-state index contributed by atoms with van der Waals surface area (Å²) in [5.41, 5.74) is 7.44. The topological polar surface area (TPSA) is 38.5 Å². The van der Waals surface area contributed by atoms with Gasteiger partial charge >= 0.3 is 0 Å². The van der Waals surface area contributed by atoms with Crippen LogP contribution in [-0.4, -0.2) is 25.8 Å². The normalized spacial score (nSPS) is 22.0. The molecule has 1 fully saturated rings. The zero-order valence-electron chi connectivity index (χ0n) is 11.0. The van der Waals surface area contributed by atoms with Crippen LogP contribution in [0.4, 0.5) is 10.1 Å². The summed E-state index contributed by atoms with van der Waals surface area (Å²) >= 11 is 0. The number of halogens is 1. The number of anilines is 1. The lowest BCUT2D eigenvalue weighted by Gasteiger charge is -2.38. The largest absolute Gasteiger partial charge is 0.377 e. The molecule has 2 rings (SSSR count). The maximum absolute atomic E-state index is 13.9. The van der Waals surface area contributed by atoms with Crippen molar-refractivity contribution in [3.8, 4) is 0 Å². The summed E-state index contributed by atoms with van der Waals surface area (Å²) in [7, 11) is 0. The predicted octanol–water partition coefficient (Wildman–Crippen LogP) is 2.46. The molecule has 0 spiro atoms. The standard InChI is InChI=1S/C14H21FN2O/c1-3-11-9-18-8-7-17(11)13-6-4-5-12(15)14(13)10(2)16/h4-6,10-11H,3,7-9,16H2,1-2H3/t10-,11?/m1/s1. The highest BCUT2D eigenvalue weighted by atomic mass is 19.1. The molecule has 1 unspecified atom stereocenters. The van der Waals surface area contributed by atoms with Gasteiger partial charge in [0.15, 0.2) is 0 Å². The van der Waals surface area contributed by atoms with Crippen LogP contribution < -0.4 is 10.6 Å². The van der Waals surface area contributed by atoms with Crippen molar-refractivity contribution in [3.05, 3.63) is 29.6 Å². The number of nitrogens with two attached hydrogens (primary N) is 1. The van der Waals surface area contributed by atoms with E-state index in [-0.39, 0.29) is 11.9 Å². The van der Waals surface area contributed by atoms with Crippen molar-refractivity contribution in [1.82, 2.24) is 0 Å². The van der Waals surface area contributed by atoms with Gasteiger partial charge in [-0.1, -0.05) is 13.0 Å². The van der Waals surface area contributed by atoms with Crippen molar-refractivity contribution in [2.45, 2.75) is 32.4 Å². The number of ether oxygens (including phenoxy) is 1. The number of rotatable bonds is 3. The van der Waals surface area contributed by atoms with Crippen molar-refractivity contribution in [2.75, 3.05) is 24.7 Å². The molecular weight excluding hydrogens is 231 g/mol. The molecule has 4 heteroatoms. The molecule has 0 radical (unpaired) electrons. The highest BCUT2D eigenvalue weighted by Crippen LogP contribution is 2.30. The first-order valence-corrected chi connectivity index (χ1v) is 6.53. The number of hydrogen-bond donors (Lipinski definition) is 1. The van der Waals surface area contributed by atoms with E-state index in [1.165, 1.54) is 6.07 Å². The summed E-state index contributed by atoms with van der Waals surface area (Å²) in [4.78, 5) is 2.23. The Morgan fingerprint density at radius 1 is 1.56 bits per heavy atom. The van der Waals surface area contributed by atoms with E-state index in [2.05, 4.69) is 11.8 Å². The Bertz CT molecular complexity index is 409. The minimum Gasteiger partial charge on any atom is -0.377 e.